The lowest BCUT2D eigenvalue weighted by molar-refractivity contribution is -0.178. The third-order valence-corrected chi connectivity index (χ3v) is 10.0. The summed E-state index contributed by atoms with van der Waals surface area (Å²) in [6, 6.07) is 4.98. The molecule has 4 N–H and O–H groups in total. The molecule has 0 aromatic heterocycles. The number of carbonyl (C=O) groups is 6. The predicted molar refractivity (Wildman–Crippen MR) is 183 cm³/mol. The van der Waals surface area contributed by atoms with Crippen LogP contribution in [0.3, 0.4) is 0 Å². The number of aliphatic hydroxyl groups excluding tert-OH is 2. The Bertz CT molecular complexity index is 1950. The molecule has 2 aliphatic heterocycles. The summed E-state index contributed by atoms with van der Waals surface area (Å²) in [5.41, 5.74) is -5.92. The monoisotopic (exact) mass is 750 g/mol. The van der Waals surface area contributed by atoms with Crippen LogP contribution in [0.25, 0.3) is 22.6 Å². The van der Waals surface area contributed by atoms with Gasteiger partial charge in [0.05, 0.1) is 11.1 Å². The standard InChI is InChI=1S/C38H38O16/c1-15-11-25(45)29-31(47)27-23(43)9-7-21(33(27)53-37(29,13-49-17(3)39)35(15)51-19(5)41)22-8-10-24(44)28-32(48)30-26(46)12-16(2)36(52-20(6)42)38(30,54-34(22)28)14-50-18(4)40/h7-10,15-16,35-36,43-44,47-48H,11-14H2,1-6H3/t15-,16-,35-,36-,37+,38+/m0/s1. The number of aliphatic hydroxyl groups is 2. The second-order valence-electron chi connectivity index (χ2n) is 13.9. The molecule has 2 aromatic rings. The molecule has 16 nitrogen and oxygen atoms in total. The third-order valence-electron chi connectivity index (χ3n) is 10.0. The number of phenolic OH excluding ortho intramolecular Hbond substituents is 2. The highest BCUT2D eigenvalue weighted by atomic mass is 16.6. The summed E-state index contributed by atoms with van der Waals surface area (Å²) in [5.74, 6) is -9.16. The molecule has 6 atom stereocenters. The van der Waals surface area contributed by atoms with Crippen molar-refractivity contribution in [2.24, 2.45) is 11.8 Å². The number of aromatic hydroxyl groups is 2. The summed E-state index contributed by atoms with van der Waals surface area (Å²) >= 11 is 0. The predicted octanol–water partition coefficient (Wildman–Crippen LogP) is 3.77. The molecule has 0 saturated heterocycles. The van der Waals surface area contributed by atoms with Gasteiger partial charge in [-0.25, -0.2) is 0 Å². The molecule has 0 bridgehead atoms. The Balaban J connectivity index is 1.66. The van der Waals surface area contributed by atoms with Crippen molar-refractivity contribution in [1.29, 1.82) is 0 Å². The van der Waals surface area contributed by atoms with Crippen LogP contribution in [0.5, 0.6) is 23.0 Å². The minimum Gasteiger partial charge on any atom is -0.507 e. The van der Waals surface area contributed by atoms with Gasteiger partial charge in [0.1, 0.15) is 58.9 Å². The van der Waals surface area contributed by atoms with Crippen LogP contribution in [0, 0.1) is 11.8 Å². The van der Waals surface area contributed by atoms with Gasteiger partial charge in [-0.2, -0.15) is 0 Å². The number of esters is 4. The van der Waals surface area contributed by atoms with Crippen LogP contribution in [0.4, 0.5) is 0 Å². The van der Waals surface area contributed by atoms with Gasteiger partial charge in [0.15, 0.2) is 23.8 Å². The Morgan fingerprint density at radius 2 is 0.981 bits per heavy atom. The second kappa shape index (κ2) is 13.4. The van der Waals surface area contributed by atoms with E-state index in [2.05, 4.69) is 0 Å². The van der Waals surface area contributed by atoms with Crippen molar-refractivity contribution in [3.05, 3.63) is 46.5 Å². The van der Waals surface area contributed by atoms with Crippen molar-refractivity contribution in [2.45, 2.75) is 77.8 Å². The number of Topliss-reactive ketones (excluding diaryl/α,β-unsaturated/α-hetero) is 2. The number of hydrogen-bond donors (Lipinski definition) is 4. The molecule has 286 valence electrons. The van der Waals surface area contributed by atoms with E-state index in [0.717, 1.165) is 27.7 Å². The Kier molecular flexibility index (Phi) is 9.36. The number of rotatable bonds is 7. The van der Waals surface area contributed by atoms with Gasteiger partial charge in [0.25, 0.3) is 0 Å². The molecule has 2 heterocycles. The highest BCUT2D eigenvalue weighted by molar-refractivity contribution is 6.09. The number of fused-ring (bicyclic) bond motifs is 4. The number of benzene rings is 2. The number of ether oxygens (including phenoxy) is 6. The summed E-state index contributed by atoms with van der Waals surface area (Å²) < 4.78 is 35.3. The Morgan fingerprint density at radius 3 is 1.30 bits per heavy atom. The number of ketones is 2. The summed E-state index contributed by atoms with van der Waals surface area (Å²) in [5, 5.41) is 46.0. The zero-order valence-electron chi connectivity index (χ0n) is 30.1. The van der Waals surface area contributed by atoms with Crippen LogP contribution in [0.1, 0.15) is 65.5 Å². The van der Waals surface area contributed by atoms with E-state index in [0.29, 0.717) is 0 Å². The maximum atomic E-state index is 13.7. The molecular weight excluding hydrogens is 712 g/mol. The largest absolute Gasteiger partial charge is 0.507 e. The van der Waals surface area contributed by atoms with Crippen LogP contribution in [0.15, 0.2) is 35.4 Å². The topological polar surface area (TPSA) is 239 Å². The van der Waals surface area contributed by atoms with Gasteiger partial charge in [0, 0.05) is 63.5 Å². The molecule has 4 aliphatic rings. The third kappa shape index (κ3) is 5.85. The zero-order chi connectivity index (χ0) is 39.6. The van der Waals surface area contributed by atoms with Crippen molar-refractivity contribution < 1.29 is 77.6 Å². The van der Waals surface area contributed by atoms with E-state index in [-0.39, 0.29) is 46.6 Å². The number of hydrogen-bond acceptors (Lipinski definition) is 16. The van der Waals surface area contributed by atoms with Gasteiger partial charge in [-0.05, 0) is 24.3 Å². The summed E-state index contributed by atoms with van der Waals surface area (Å²) in [6.45, 7) is 6.20. The fraction of sp³-hybridized carbons (Fsp3) is 0.421. The Morgan fingerprint density at radius 1 is 0.630 bits per heavy atom. The first-order chi connectivity index (χ1) is 25.3. The highest BCUT2D eigenvalue weighted by Gasteiger charge is 2.62. The smallest absolute Gasteiger partial charge is 0.303 e. The van der Waals surface area contributed by atoms with Crippen molar-refractivity contribution in [1.82, 2.24) is 0 Å². The van der Waals surface area contributed by atoms with E-state index in [4.69, 9.17) is 28.4 Å². The summed E-state index contributed by atoms with van der Waals surface area (Å²) in [7, 11) is 0. The van der Waals surface area contributed by atoms with Crippen molar-refractivity contribution in [3.63, 3.8) is 0 Å². The molecule has 16 heteroatoms. The van der Waals surface area contributed by atoms with Gasteiger partial charge >= 0.3 is 23.9 Å². The van der Waals surface area contributed by atoms with Crippen LogP contribution in [-0.2, 0) is 47.7 Å². The van der Waals surface area contributed by atoms with Crippen LogP contribution >= 0.6 is 0 Å². The fourth-order valence-corrected chi connectivity index (χ4v) is 7.98. The van der Waals surface area contributed by atoms with Crippen LogP contribution < -0.4 is 9.47 Å². The minimum atomic E-state index is -2.15. The van der Waals surface area contributed by atoms with Gasteiger partial charge in [0.2, 0.25) is 11.2 Å². The Labute approximate surface area is 307 Å². The van der Waals surface area contributed by atoms with E-state index in [9.17, 15) is 49.2 Å². The molecule has 2 aliphatic carbocycles. The maximum absolute atomic E-state index is 13.7. The lowest BCUT2D eigenvalue weighted by atomic mass is 9.69. The molecule has 0 radical (unpaired) electrons. The lowest BCUT2D eigenvalue weighted by Crippen LogP contribution is -2.63. The average molecular weight is 751 g/mol. The van der Waals surface area contributed by atoms with Gasteiger partial charge in [-0.3, -0.25) is 28.8 Å². The lowest BCUT2D eigenvalue weighted by Gasteiger charge is -2.49. The van der Waals surface area contributed by atoms with E-state index < -0.39 is 118 Å². The summed E-state index contributed by atoms with van der Waals surface area (Å²) in [4.78, 5) is 76.5. The van der Waals surface area contributed by atoms with Crippen molar-refractivity contribution >= 4 is 47.0 Å². The molecule has 0 spiro atoms. The first kappa shape index (κ1) is 37.7. The van der Waals surface area contributed by atoms with Crippen molar-refractivity contribution in [3.8, 4) is 34.1 Å². The first-order valence-corrected chi connectivity index (χ1v) is 17.0. The second-order valence-corrected chi connectivity index (χ2v) is 13.9. The van der Waals surface area contributed by atoms with Gasteiger partial charge in [-0.1, -0.05) is 13.8 Å². The molecule has 54 heavy (non-hydrogen) atoms. The molecular formula is C38H38O16. The molecule has 2 saturated carbocycles. The van der Waals surface area contributed by atoms with Gasteiger partial charge in [-0.15, -0.1) is 0 Å². The van der Waals surface area contributed by atoms with E-state index in [1.165, 1.54) is 24.3 Å². The van der Waals surface area contributed by atoms with Crippen LogP contribution in [-0.4, -0.2) is 92.5 Å². The number of carbonyl (C=O) groups excluding carboxylic acids is 6. The Hall–Kier alpha value is -6.06. The molecule has 2 aromatic carbocycles. The van der Waals surface area contributed by atoms with E-state index >= 15 is 0 Å². The normalized spacial score (nSPS) is 26.9. The van der Waals surface area contributed by atoms with E-state index in [1.54, 1.807) is 13.8 Å². The SMILES string of the molecule is CC(=O)OC[C@@]12Oc3c(-c4ccc(O)c5c4O[C@]4(COC(C)=O)C(=C5O)C(=O)C[C@H](C)[C@@H]4OC(C)=O)ccc(O)c3C(O)=C1C(=O)C[C@H](C)[C@@H]2OC(C)=O. The molecule has 0 unspecified atom stereocenters. The number of phenols is 2. The zero-order valence-corrected chi connectivity index (χ0v) is 30.1. The molecule has 2 fully saturated rings. The van der Waals surface area contributed by atoms with E-state index in [1.807, 2.05) is 0 Å². The quantitative estimate of drug-likeness (QED) is 0.233. The average Bonchev–Trinajstić information content (AvgIpc) is 3.06. The highest BCUT2D eigenvalue weighted by Crippen LogP contribution is 2.58. The minimum absolute atomic E-state index is 0.0165. The fourth-order valence-electron chi connectivity index (χ4n) is 7.98. The van der Waals surface area contributed by atoms with Gasteiger partial charge < -0.3 is 48.8 Å². The molecule has 6 rings (SSSR count). The first-order valence-electron chi connectivity index (χ1n) is 17.0. The summed E-state index contributed by atoms with van der Waals surface area (Å²) in [6.07, 6.45) is -3.07. The molecule has 0 amide bonds. The van der Waals surface area contributed by atoms with Crippen LogP contribution in [0.2, 0.25) is 0 Å². The van der Waals surface area contributed by atoms with Crippen molar-refractivity contribution in [2.75, 3.05) is 13.2 Å². The maximum Gasteiger partial charge on any atom is 0.303 e.